The number of rotatable bonds is 3. The summed E-state index contributed by atoms with van der Waals surface area (Å²) in [6.45, 7) is 0. The van der Waals surface area contributed by atoms with Crippen molar-refractivity contribution < 1.29 is 9.90 Å². The second kappa shape index (κ2) is 4.44. The predicted octanol–water partition coefficient (Wildman–Crippen LogP) is 2.28. The molecule has 0 radical (unpaired) electrons. The normalized spacial score (nSPS) is 10.8. The number of carboxylic acids is 1. The van der Waals surface area contributed by atoms with Gasteiger partial charge in [-0.3, -0.25) is 5.10 Å². The molecule has 2 N–H and O–H groups in total. The minimum Gasteiger partial charge on any atom is -0.478 e. The van der Waals surface area contributed by atoms with Crippen LogP contribution in [0.1, 0.15) is 21.6 Å². The Balaban J connectivity index is 2.24. The van der Waals surface area contributed by atoms with Crippen LogP contribution in [0.3, 0.4) is 0 Å². The van der Waals surface area contributed by atoms with Crippen molar-refractivity contribution >= 4 is 18.1 Å². The molecule has 2 aromatic rings. The lowest BCUT2D eigenvalue weighted by molar-refractivity contribution is 0.0697. The second-order valence-corrected chi connectivity index (χ2v) is 3.25. The van der Waals surface area contributed by atoms with Crippen molar-refractivity contribution in [1.29, 1.82) is 0 Å². The summed E-state index contributed by atoms with van der Waals surface area (Å²) < 4.78 is 0. The molecule has 0 bridgehead atoms. The van der Waals surface area contributed by atoms with Crippen molar-refractivity contribution in [2.45, 2.75) is 0 Å². The largest absolute Gasteiger partial charge is 0.478 e. The molecular weight excluding hydrogens is 204 g/mol. The smallest absolute Gasteiger partial charge is 0.339 e. The number of nitrogens with one attached hydrogen (secondary N) is 1. The Bertz CT molecular complexity index is 515. The van der Waals surface area contributed by atoms with Crippen LogP contribution in [0.4, 0.5) is 0 Å². The van der Waals surface area contributed by atoms with Gasteiger partial charge in [-0.25, -0.2) is 4.79 Å². The molecule has 16 heavy (non-hydrogen) atoms. The molecule has 0 spiro atoms. The maximum atomic E-state index is 10.8. The zero-order valence-electron chi connectivity index (χ0n) is 8.42. The van der Waals surface area contributed by atoms with Gasteiger partial charge in [0.25, 0.3) is 0 Å². The van der Waals surface area contributed by atoms with Crippen molar-refractivity contribution in [3.8, 4) is 0 Å². The lowest BCUT2D eigenvalue weighted by Crippen LogP contribution is -1.95. The summed E-state index contributed by atoms with van der Waals surface area (Å²) in [4.78, 5) is 10.8. The summed E-state index contributed by atoms with van der Waals surface area (Å²) in [5.41, 5.74) is 1.68. The number of nitrogens with zero attached hydrogens (tertiary/aromatic N) is 1. The van der Waals surface area contributed by atoms with Gasteiger partial charge in [-0.15, -0.1) is 0 Å². The monoisotopic (exact) mass is 214 g/mol. The van der Waals surface area contributed by atoms with Crippen molar-refractivity contribution in [2.75, 3.05) is 0 Å². The van der Waals surface area contributed by atoms with E-state index in [1.807, 2.05) is 36.4 Å². The summed E-state index contributed by atoms with van der Waals surface area (Å²) in [7, 11) is 0. The SMILES string of the molecule is O=C(O)c1cn[nH]c1C=Cc1ccccc1. The average molecular weight is 214 g/mol. The summed E-state index contributed by atoms with van der Waals surface area (Å²) in [6, 6.07) is 9.65. The van der Waals surface area contributed by atoms with E-state index in [1.165, 1.54) is 6.20 Å². The fourth-order valence-corrected chi connectivity index (χ4v) is 1.34. The first-order valence-corrected chi connectivity index (χ1v) is 4.77. The van der Waals surface area contributed by atoms with Gasteiger partial charge in [0.1, 0.15) is 5.56 Å². The van der Waals surface area contributed by atoms with E-state index in [9.17, 15) is 4.79 Å². The van der Waals surface area contributed by atoms with Crippen molar-refractivity contribution in [3.05, 3.63) is 53.3 Å². The van der Waals surface area contributed by atoms with E-state index in [-0.39, 0.29) is 5.56 Å². The molecule has 0 aliphatic heterocycles. The minimum atomic E-state index is -0.985. The number of aromatic amines is 1. The van der Waals surface area contributed by atoms with E-state index in [1.54, 1.807) is 6.08 Å². The minimum absolute atomic E-state index is 0.173. The van der Waals surface area contributed by atoms with Crippen molar-refractivity contribution in [3.63, 3.8) is 0 Å². The number of hydrogen-bond donors (Lipinski definition) is 2. The van der Waals surface area contributed by atoms with E-state index < -0.39 is 5.97 Å². The molecule has 0 aliphatic rings. The number of hydrogen-bond acceptors (Lipinski definition) is 2. The highest BCUT2D eigenvalue weighted by Crippen LogP contribution is 2.10. The third-order valence-corrected chi connectivity index (χ3v) is 2.14. The van der Waals surface area contributed by atoms with Gasteiger partial charge in [0.05, 0.1) is 11.9 Å². The van der Waals surface area contributed by atoms with E-state index in [0.717, 1.165) is 5.56 Å². The summed E-state index contributed by atoms with van der Waals surface area (Å²) >= 11 is 0. The molecule has 0 aliphatic carbocycles. The molecule has 0 saturated heterocycles. The number of aromatic carboxylic acids is 1. The molecule has 1 aromatic heterocycles. The number of carbonyl (C=O) groups is 1. The maximum absolute atomic E-state index is 10.8. The highest BCUT2D eigenvalue weighted by atomic mass is 16.4. The molecule has 2 rings (SSSR count). The van der Waals surface area contributed by atoms with Gasteiger partial charge < -0.3 is 5.11 Å². The molecule has 0 saturated carbocycles. The predicted molar refractivity (Wildman–Crippen MR) is 60.9 cm³/mol. The lowest BCUT2D eigenvalue weighted by atomic mass is 10.2. The Hall–Kier alpha value is -2.36. The molecule has 80 valence electrons. The van der Waals surface area contributed by atoms with Crippen LogP contribution in [0.15, 0.2) is 36.5 Å². The fourth-order valence-electron chi connectivity index (χ4n) is 1.34. The molecule has 1 heterocycles. The molecule has 1 aromatic carbocycles. The van der Waals surface area contributed by atoms with Crippen LogP contribution in [0.2, 0.25) is 0 Å². The lowest BCUT2D eigenvalue weighted by Gasteiger charge is -1.92. The quantitative estimate of drug-likeness (QED) is 0.823. The van der Waals surface area contributed by atoms with Crippen molar-refractivity contribution in [1.82, 2.24) is 10.2 Å². The molecule has 4 nitrogen and oxygen atoms in total. The van der Waals surface area contributed by atoms with Gasteiger partial charge >= 0.3 is 5.97 Å². The molecule has 4 heteroatoms. The first-order valence-electron chi connectivity index (χ1n) is 4.77. The third kappa shape index (κ3) is 2.17. The fraction of sp³-hybridized carbons (Fsp3) is 0. The Morgan fingerprint density at radius 2 is 2.00 bits per heavy atom. The van der Waals surface area contributed by atoms with Gasteiger partial charge in [0, 0.05) is 0 Å². The standard InChI is InChI=1S/C12H10N2O2/c15-12(16)10-8-13-14-11(10)7-6-9-4-2-1-3-5-9/h1-8H,(H,13,14)(H,15,16). The number of carboxylic acid groups (broad SMARTS) is 1. The Morgan fingerprint density at radius 1 is 1.25 bits per heavy atom. The Kier molecular flexibility index (Phi) is 2.82. The maximum Gasteiger partial charge on any atom is 0.339 e. The van der Waals surface area contributed by atoms with Crippen LogP contribution >= 0.6 is 0 Å². The van der Waals surface area contributed by atoms with Crippen LogP contribution in [-0.2, 0) is 0 Å². The molecule has 0 amide bonds. The summed E-state index contributed by atoms with van der Waals surface area (Å²) in [5, 5.41) is 15.2. The number of aromatic nitrogens is 2. The highest BCUT2D eigenvalue weighted by molar-refractivity contribution is 5.92. The van der Waals surface area contributed by atoms with E-state index >= 15 is 0 Å². The number of H-pyrrole nitrogens is 1. The van der Waals surface area contributed by atoms with Crippen LogP contribution in [0.25, 0.3) is 12.2 Å². The third-order valence-electron chi connectivity index (χ3n) is 2.14. The van der Waals surface area contributed by atoms with Crippen LogP contribution in [0.5, 0.6) is 0 Å². The first kappa shape index (κ1) is 10.2. The zero-order valence-corrected chi connectivity index (χ0v) is 8.42. The van der Waals surface area contributed by atoms with Crippen molar-refractivity contribution in [2.24, 2.45) is 0 Å². The molecular formula is C12H10N2O2. The first-order chi connectivity index (χ1) is 7.77. The van der Waals surface area contributed by atoms with Crippen LogP contribution < -0.4 is 0 Å². The molecule has 0 fully saturated rings. The summed E-state index contributed by atoms with van der Waals surface area (Å²) in [6.07, 6.45) is 4.83. The van der Waals surface area contributed by atoms with E-state index in [2.05, 4.69) is 10.2 Å². The molecule has 0 unspecified atom stereocenters. The average Bonchev–Trinajstić information content (AvgIpc) is 2.76. The summed E-state index contributed by atoms with van der Waals surface area (Å²) in [5.74, 6) is -0.985. The van der Waals surface area contributed by atoms with Gasteiger partial charge in [0.2, 0.25) is 0 Å². The van der Waals surface area contributed by atoms with Gasteiger partial charge in [0.15, 0.2) is 0 Å². The Labute approximate surface area is 92.2 Å². The highest BCUT2D eigenvalue weighted by Gasteiger charge is 2.08. The Morgan fingerprint density at radius 3 is 2.69 bits per heavy atom. The van der Waals surface area contributed by atoms with E-state index in [0.29, 0.717) is 5.69 Å². The topological polar surface area (TPSA) is 66.0 Å². The van der Waals surface area contributed by atoms with Gasteiger partial charge in [-0.2, -0.15) is 5.10 Å². The number of benzene rings is 1. The molecule has 0 atom stereocenters. The van der Waals surface area contributed by atoms with Crippen LogP contribution in [0, 0.1) is 0 Å². The van der Waals surface area contributed by atoms with E-state index in [4.69, 9.17) is 5.11 Å². The van der Waals surface area contributed by atoms with Gasteiger partial charge in [-0.05, 0) is 11.6 Å². The second-order valence-electron chi connectivity index (χ2n) is 3.25. The van der Waals surface area contributed by atoms with Gasteiger partial charge in [-0.1, -0.05) is 36.4 Å². The van der Waals surface area contributed by atoms with Crippen LogP contribution in [-0.4, -0.2) is 21.3 Å². The zero-order chi connectivity index (χ0) is 11.4.